The molecular formula is C58H99NO18Sn. The van der Waals surface area contributed by atoms with Gasteiger partial charge < -0.3 is 38.7 Å². The van der Waals surface area contributed by atoms with Gasteiger partial charge in [-0.25, -0.2) is 0 Å². The summed E-state index contributed by atoms with van der Waals surface area (Å²) in [6, 6.07) is -0.670. The molecule has 4 fully saturated rings. The second-order valence-corrected chi connectivity index (χ2v) is 32.9. The van der Waals surface area contributed by atoms with Gasteiger partial charge in [0.15, 0.2) is 12.1 Å². The van der Waals surface area contributed by atoms with Crippen LogP contribution in [-0.2, 0) is 72.7 Å². The third-order valence-electron chi connectivity index (χ3n) is 16.6. The number of ketones is 1. The van der Waals surface area contributed by atoms with Crippen molar-refractivity contribution in [2.45, 2.75) is 254 Å². The van der Waals surface area contributed by atoms with Crippen molar-refractivity contribution in [3.05, 3.63) is 23.8 Å². The molecule has 4 saturated heterocycles. The van der Waals surface area contributed by atoms with E-state index in [1.54, 1.807) is 40.7 Å². The molecule has 78 heavy (non-hydrogen) atoms. The topological polar surface area (TPSA) is 223 Å². The van der Waals surface area contributed by atoms with Gasteiger partial charge in [-0.05, 0) is 32.8 Å². The molecule has 0 radical (unpaired) electrons. The zero-order chi connectivity index (χ0) is 57.8. The molecule has 19 nitrogen and oxygen atoms in total. The van der Waals surface area contributed by atoms with Crippen LogP contribution in [0.3, 0.4) is 0 Å². The van der Waals surface area contributed by atoms with Crippen molar-refractivity contribution in [2.75, 3.05) is 34.9 Å². The Hall–Kier alpha value is -1.96. The number of methoxy groups -OCH3 is 2. The maximum absolute atomic E-state index is 14.1. The molecule has 0 aromatic rings. The van der Waals surface area contributed by atoms with Crippen LogP contribution in [0.2, 0.25) is 8.87 Å². The van der Waals surface area contributed by atoms with Crippen LogP contribution in [-0.4, -0.2) is 197 Å². The summed E-state index contributed by atoms with van der Waals surface area (Å²) in [5, 5.41) is 22.9. The summed E-state index contributed by atoms with van der Waals surface area (Å²) in [6.07, 6.45) is -1.79. The molecule has 0 unspecified atom stereocenters. The predicted octanol–water partition coefficient (Wildman–Crippen LogP) is 7.15. The Morgan fingerprint density at radius 3 is 2.12 bits per heavy atom. The van der Waals surface area contributed by atoms with E-state index in [1.165, 1.54) is 20.3 Å². The normalized spacial score (nSPS) is 41.2. The van der Waals surface area contributed by atoms with Crippen LogP contribution in [0.25, 0.3) is 0 Å². The number of carbonyl (C=O) groups excluding carboxylic acids is 4. The second kappa shape index (κ2) is 30.5. The molecule has 5 rings (SSSR count). The minimum absolute atomic E-state index is 0.00738. The Balaban J connectivity index is 1.46. The summed E-state index contributed by atoms with van der Waals surface area (Å²) in [5.41, 5.74) is 0.0655. The van der Waals surface area contributed by atoms with Gasteiger partial charge in [0.2, 0.25) is 0 Å². The van der Waals surface area contributed by atoms with Gasteiger partial charge >= 0.3 is 253 Å². The van der Waals surface area contributed by atoms with Crippen LogP contribution in [0.4, 0.5) is 0 Å². The zero-order valence-electron chi connectivity index (χ0n) is 49.8. The number of cyclic esters (lactones) is 1. The van der Waals surface area contributed by atoms with E-state index in [-0.39, 0.29) is 37.4 Å². The second-order valence-electron chi connectivity index (χ2n) is 23.6. The molecule has 0 aromatic carbocycles. The molecule has 0 bridgehead atoms. The van der Waals surface area contributed by atoms with Crippen molar-refractivity contribution in [3.8, 4) is 0 Å². The molecule has 0 spiro atoms. The molecule has 0 saturated carbocycles. The van der Waals surface area contributed by atoms with Crippen LogP contribution in [0.15, 0.2) is 23.8 Å². The molecule has 5 heterocycles. The molecule has 21 atom stereocenters. The van der Waals surface area contributed by atoms with Crippen molar-refractivity contribution in [3.63, 3.8) is 0 Å². The molecular weight excluding hydrogens is 1120 g/mol. The number of aliphatic hydroxyl groups is 2. The fourth-order valence-corrected chi connectivity index (χ4v) is 24.9. The standard InChI is InChI=1S/C50H81NO18.2C4H9.Sn/c1-15-36-33(24-62-48-45(61-14)44(60-13)40(56)29(7)64-48)20-26(4)16-17-34(53)27(5)21-32(18-19-52)41(28(6)35(54)22-37(55)66-36)69-49-43(68-47(58)25(2)3)39(51(11)12)42(30(8)65-49)67-38-23-50(10,59)46(57)31(9)63-38;2*1-3-4-2;/h16-17,19-20,25,27-33,35-36,38-46,48-49,54,56H,15,18,21-24H2,1-14H3;2*1,3-4H2,2H3;/q-2;;;+2/b17-16+,26-20+;;;/t27-,28+,29-,30-,31+,32+,33-,35-,36-,38+,39+,40-,41-,42-,43-,44-,45-,46+,48-,49+,50-;;;/m1.../s1. The molecule has 20 heteroatoms. The third-order valence-corrected chi connectivity index (χ3v) is 27.3. The number of esters is 2. The monoisotopic (exact) mass is 1220 g/mol. The number of aliphatic hydroxyl groups excluding tert-OH is 2. The van der Waals surface area contributed by atoms with E-state index in [0.29, 0.717) is 18.4 Å². The summed E-state index contributed by atoms with van der Waals surface area (Å²) in [6.45, 7) is 22.8. The third kappa shape index (κ3) is 16.9. The van der Waals surface area contributed by atoms with Gasteiger partial charge in [0.1, 0.15) is 30.7 Å². The predicted molar refractivity (Wildman–Crippen MR) is 292 cm³/mol. The molecule has 448 valence electrons. The van der Waals surface area contributed by atoms with Gasteiger partial charge in [-0.2, -0.15) is 0 Å². The van der Waals surface area contributed by atoms with Crippen molar-refractivity contribution < 1.29 is 82.9 Å². The Kier molecular flexibility index (Phi) is 26.2. The van der Waals surface area contributed by atoms with Crippen molar-refractivity contribution in [1.82, 2.24) is 4.90 Å². The Labute approximate surface area is 470 Å². The molecule has 5 aliphatic heterocycles. The Bertz CT molecular complexity index is 1970. The summed E-state index contributed by atoms with van der Waals surface area (Å²) in [7, 11) is 6.69. The molecule has 0 aliphatic carbocycles. The summed E-state index contributed by atoms with van der Waals surface area (Å²) >= 11 is -3.50. The summed E-state index contributed by atoms with van der Waals surface area (Å²) in [4.78, 5) is 56.5. The van der Waals surface area contributed by atoms with E-state index < -0.39 is 159 Å². The van der Waals surface area contributed by atoms with Crippen molar-refractivity contribution in [1.29, 1.82) is 0 Å². The van der Waals surface area contributed by atoms with Gasteiger partial charge in [-0.3, -0.25) is 9.59 Å². The quantitative estimate of drug-likeness (QED) is 0.0662. The zero-order valence-corrected chi connectivity index (χ0v) is 52.6. The minimum atomic E-state index is -3.50. The number of likely N-dealkylation sites (N-methyl/N-ethyl adjacent to an activating group) is 1. The maximum atomic E-state index is 14.1. The van der Waals surface area contributed by atoms with Gasteiger partial charge in [0, 0.05) is 32.5 Å². The first-order valence-corrected chi connectivity index (χ1v) is 35.4. The molecule has 2 N–H and O–H groups in total. The number of aldehydes is 1. The number of rotatable bonds is 21. The number of ether oxygens (including phenoxy) is 10. The number of hydrogen-bond acceptors (Lipinski definition) is 19. The van der Waals surface area contributed by atoms with Gasteiger partial charge in [0.25, 0.3) is 0 Å². The number of nitrogens with zero attached hydrogens (tertiary/aromatic N) is 1. The fourth-order valence-electron chi connectivity index (χ4n) is 12.1. The van der Waals surface area contributed by atoms with Crippen molar-refractivity contribution >= 4 is 43.2 Å². The number of unbranched alkanes of at least 4 members (excludes halogenated alkanes) is 2. The average Bonchev–Trinajstić information content (AvgIpc) is 3.69. The Morgan fingerprint density at radius 2 is 1.53 bits per heavy atom. The SMILES string of the molecule is CCC[CH2][Sn]1([CH2]CCC)[O][C@H]2[C@H](C)O[C@@H](O[C@H]3[C@H](N(C)C)[C@@H](OC(=O)C(C)C)[C@H](O[C@H]4[C@@H](CC=O)C[C@@H](C)C(=O)/C=C/C(C)=C/[C@H](CO[C@@H]5O[C@H](C)[C@@H](O)[C@@H](OC)[C@H]5OC)[C@@H](CC)OC(=O)C[C@@H](O)[C@@H]4C)O[C@@H]3C)C[C@@]2(C)[O]1. The first-order chi connectivity index (χ1) is 36.9. The van der Waals surface area contributed by atoms with Crippen LogP contribution in [0.1, 0.15) is 141 Å². The average molecular weight is 1220 g/mol. The van der Waals surface area contributed by atoms with E-state index in [4.69, 9.17) is 53.5 Å². The first kappa shape index (κ1) is 66.8. The summed E-state index contributed by atoms with van der Waals surface area (Å²) in [5.74, 6) is -4.65. The van der Waals surface area contributed by atoms with Gasteiger partial charge in [-0.1, -0.05) is 38.5 Å². The van der Waals surface area contributed by atoms with E-state index in [9.17, 15) is 29.4 Å². The van der Waals surface area contributed by atoms with Crippen LogP contribution in [0.5, 0.6) is 0 Å². The molecule has 0 aromatic heterocycles. The number of fused-ring (bicyclic) bond motifs is 1. The first-order valence-electron chi connectivity index (χ1n) is 29.0. The van der Waals surface area contributed by atoms with Crippen LogP contribution < -0.4 is 0 Å². The molecule has 0 amide bonds. The number of allylic oxidation sites excluding steroid dienone is 3. The number of hydrogen-bond donors (Lipinski definition) is 2. The van der Waals surface area contributed by atoms with Gasteiger partial charge in [-0.15, -0.1) is 0 Å². The van der Waals surface area contributed by atoms with Gasteiger partial charge in [0.05, 0.1) is 25.2 Å². The molecule has 5 aliphatic rings. The Morgan fingerprint density at radius 1 is 0.872 bits per heavy atom. The number of carbonyl (C=O) groups is 4. The summed E-state index contributed by atoms with van der Waals surface area (Å²) < 4.78 is 80.0. The van der Waals surface area contributed by atoms with E-state index >= 15 is 0 Å². The van der Waals surface area contributed by atoms with Crippen molar-refractivity contribution in [2.24, 2.45) is 29.6 Å². The van der Waals surface area contributed by atoms with Crippen LogP contribution in [0, 0.1) is 29.6 Å². The fraction of sp³-hybridized carbons (Fsp3) is 0.862. The van der Waals surface area contributed by atoms with E-state index in [1.807, 2.05) is 52.8 Å². The van der Waals surface area contributed by atoms with E-state index in [2.05, 4.69) is 20.8 Å². The van der Waals surface area contributed by atoms with E-state index in [0.717, 1.165) is 40.8 Å². The van der Waals surface area contributed by atoms with Crippen LogP contribution >= 0.6 is 0 Å².